The molecule has 1 aromatic carbocycles. The molecule has 0 bridgehead atoms. The van der Waals surface area contributed by atoms with E-state index in [-0.39, 0.29) is 10.6 Å². The van der Waals surface area contributed by atoms with Gasteiger partial charge in [0.05, 0.1) is 23.1 Å². The van der Waals surface area contributed by atoms with Gasteiger partial charge in [-0.1, -0.05) is 28.4 Å². The van der Waals surface area contributed by atoms with E-state index in [0.717, 1.165) is 22.3 Å². The minimum atomic E-state index is -2.94. The van der Waals surface area contributed by atoms with Gasteiger partial charge in [0.15, 0.2) is 0 Å². The van der Waals surface area contributed by atoms with E-state index in [2.05, 4.69) is 0 Å². The first-order chi connectivity index (χ1) is 10.7. The van der Waals surface area contributed by atoms with Gasteiger partial charge in [-0.25, -0.2) is 13.2 Å². The first kappa shape index (κ1) is 17.9. The van der Waals surface area contributed by atoms with Crippen molar-refractivity contribution >= 4 is 29.2 Å². The van der Waals surface area contributed by atoms with E-state index in [1.54, 1.807) is 0 Å². The van der Waals surface area contributed by atoms with Gasteiger partial charge >= 0.3 is 0 Å². The van der Waals surface area contributed by atoms with Crippen molar-refractivity contribution in [2.24, 2.45) is 0 Å². The largest absolute Gasteiger partial charge is 0.545 e. The number of alkyl halides is 2. The van der Waals surface area contributed by atoms with Crippen LogP contribution in [-0.4, -0.2) is 36.7 Å². The molecule has 1 atom stereocenters. The van der Waals surface area contributed by atoms with Gasteiger partial charge in [0.2, 0.25) is 0 Å². The zero-order valence-electron chi connectivity index (χ0n) is 11.8. The van der Waals surface area contributed by atoms with Crippen molar-refractivity contribution < 1.29 is 27.9 Å². The SMILES string of the molecule is CON1C(c2cc(C(=O)[O-])c(Cl)cc2F)C(Cl)=C(C(F)F)N1C. The number of halogens is 5. The maximum atomic E-state index is 14.2. The lowest BCUT2D eigenvalue weighted by molar-refractivity contribution is -0.257. The molecule has 126 valence electrons. The third-order valence-corrected chi connectivity index (χ3v) is 4.06. The second-order valence-corrected chi connectivity index (χ2v) is 5.40. The molecule has 0 fully saturated rings. The minimum absolute atomic E-state index is 0.289. The van der Waals surface area contributed by atoms with Crippen LogP contribution in [0.3, 0.4) is 0 Å². The number of hydrogen-bond donors (Lipinski definition) is 0. The molecule has 0 amide bonds. The number of hydrazine groups is 1. The third kappa shape index (κ3) is 2.99. The second kappa shape index (κ2) is 6.56. The number of aromatic carboxylic acids is 1. The molecule has 1 aliphatic heterocycles. The fraction of sp³-hybridized carbons (Fsp3) is 0.308. The number of allylic oxidation sites excluding steroid dienone is 1. The fourth-order valence-electron chi connectivity index (χ4n) is 2.33. The normalized spacial score (nSPS) is 19.1. The van der Waals surface area contributed by atoms with Gasteiger partial charge in [0.1, 0.15) is 17.6 Å². The van der Waals surface area contributed by atoms with Crippen molar-refractivity contribution in [2.45, 2.75) is 12.5 Å². The highest BCUT2D eigenvalue weighted by molar-refractivity contribution is 6.33. The predicted molar refractivity (Wildman–Crippen MR) is 74.0 cm³/mol. The summed E-state index contributed by atoms with van der Waals surface area (Å²) in [7, 11) is 2.43. The van der Waals surface area contributed by atoms with Gasteiger partial charge in [-0.3, -0.25) is 9.85 Å². The van der Waals surface area contributed by atoms with Crippen molar-refractivity contribution in [3.8, 4) is 0 Å². The summed E-state index contributed by atoms with van der Waals surface area (Å²) in [6.45, 7) is 0. The van der Waals surface area contributed by atoms with Crippen LogP contribution in [-0.2, 0) is 4.84 Å². The van der Waals surface area contributed by atoms with E-state index >= 15 is 0 Å². The molecule has 0 radical (unpaired) electrons. The highest BCUT2D eigenvalue weighted by Crippen LogP contribution is 2.44. The van der Waals surface area contributed by atoms with Crippen molar-refractivity contribution in [1.29, 1.82) is 0 Å². The van der Waals surface area contributed by atoms with Crippen LogP contribution in [0.4, 0.5) is 13.2 Å². The van der Waals surface area contributed by atoms with Crippen LogP contribution in [0, 0.1) is 5.82 Å². The molecule has 0 saturated heterocycles. The van der Waals surface area contributed by atoms with E-state index in [0.29, 0.717) is 0 Å². The predicted octanol–water partition coefficient (Wildman–Crippen LogP) is 2.32. The highest BCUT2D eigenvalue weighted by atomic mass is 35.5. The molecule has 0 spiro atoms. The zero-order chi connectivity index (χ0) is 17.5. The lowest BCUT2D eigenvalue weighted by atomic mass is 10.0. The Balaban J connectivity index is 2.64. The van der Waals surface area contributed by atoms with E-state index < -0.39 is 40.5 Å². The molecule has 5 nitrogen and oxygen atoms in total. The van der Waals surface area contributed by atoms with Gasteiger partial charge in [-0.15, -0.1) is 0 Å². The average Bonchev–Trinajstić information content (AvgIpc) is 2.69. The molecule has 0 aliphatic carbocycles. The van der Waals surface area contributed by atoms with E-state index in [1.807, 2.05) is 0 Å². The van der Waals surface area contributed by atoms with Crippen LogP contribution in [0.2, 0.25) is 5.02 Å². The van der Waals surface area contributed by atoms with Gasteiger partial charge in [-0.2, -0.15) is 0 Å². The Morgan fingerprint density at radius 3 is 2.48 bits per heavy atom. The van der Waals surface area contributed by atoms with Gasteiger partial charge in [-0.05, 0) is 12.1 Å². The van der Waals surface area contributed by atoms with Crippen LogP contribution < -0.4 is 5.11 Å². The third-order valence-electron chi connectivity index (χ3n) is 3.34. The highest BCUT2D eigenvalue weighted by Gasteiger charge is 2.42. The Hall–Kier alpha value is -1.48. The average molecular weight is 370 g/mol. The zero-order valence-corrected chi connectivity index (χ0v) is 13.3. The van der Waals surface area contributed by atoms with Crippen LogP contribution >= 0.6 is 23.2 Å². The quantitative estimate of drug-likeness (QED) is 0.815. The van der Waals surface area contributed by atoms with Crippen molar-refractivity contribution in [2.75, 3.05) is 14.2 Å². The molecule has 2 rings (SSSR count). The monoisotopic (exact) mass is 369 g/mol. The number of nitrogens with zero attached hydrogens (tertiary/aromatic N) is 2. The van der Waals surface area contributed by atoms with Crippen LogP contribution in [0.5, 0.6) is 0 Å². The first-order valence-corrected chi connectivity index (χ1v) is 6.91. The lowest BCUT2D eigenvalue weighted by Crippen LogP contribution is -2.37. The summed E-state index contributed by atoms with van der Waals surface area (Å²) in [6, 6.07) is 0.348. The Kier molecular flexibility index (Phi) is 5.10. The Bertz CT molecular complexity index is 685. The summed E-state index contributed by atoms with van der Waals surface area (Å²) in [4.78, 5) is 16.0. The molecule has 1 aliphatic rings. The number of carboxylic acids is 1. The molecule has 23 heavy (non-hydrogen) atoms. The maximum Gasteiger partial charge on any atom is 0.280 e. The molecule has 1 heterocycles. The number of carboxylic acid groups (broad SMARTS) is 1. The molecular weight excluding hydrogens is 360 g/mol. The van der Waals surface area contributed by atoms with E-state index in [4.69, 9.17) is 28.0 Å². The Morgan fingerprint density at radius 2 is 2.00 bits per heavy atom. The van der Waals surface area contributed by atoms with Gasteiger partial charge in [0, 0.05) is 18.2 Å². The summed E-state index contributed by atoms with van der Waals surface area (Å²) in [5.41, 5.74) is -1.36. The van der Waals surface area contributed by atoms with Crippen LogP contribution in [0.1, 0.15) is 22.0 Å². The molecule has 0 aromatic heterocycles. The number of hydrogen-bond acceptors (Lipinski definition) is 5. The first-order valence-electron chi connectivity index (χ1n) is 6.15. The number of hydroxylamine groups is 1. The van der Waals surface area contributed by atoms with Crippen molar-refractivity contribution in [1.82, 2.24) is 10.2 Å². The van der Waals surface area contributed by atoms with Crippen molar-refractivity contribution in [3.05, 3.63) is 44.8 Å². The number of benzene rings is 1. The molecular formula is C13H10Cl2F3N2O3-. The Morgan fingerprint density at radius 1 is 1.39 bits per heavy atom. The summed E-state index contributed by atoms with van der Waals surface area (Å²) >= 11 is 11.6. The standard InChI is InChI=1S/C13H11Cl2F3N2O3/c1-19-11(12(17)18)9(15)10(20(19)23-2)6-3-5(13(21)22)7(14)4-8(6)16/h3-4,10,12H,1-2H3,(H,21,22)/p-1. The topological polar surface area (TPSA) is 55.8 Å². The molecule has 0 N–H and O–H groups in total. The Labute approximate surface area is 139 Å². The van der Waals surface area contributed by atoms with E-state index in [1.165, 1.54) is 14.2 Å². The fourth-order valence-corrected chi connectivity index (χ4v) is 2.96. The number of carbonyl (C=O) groups excluding carboxylic acids is 1. The summed E-state index contributed by atoms with van der Waals surface area (Å²) in [6.07, 6.45) is -2.94. The molecule has 1 unspecified atom stereocenters. The smallest absolute Gasteiger partial charge is 0.280 e. The maximum absolute atomic E-state index is 14.2. The van der Waals surface area contributed by atoms with E-state index in [9.17, 15) is 23.1 Å². The van der Waals surface area contributed by atoms with Crippen LogP contribution in [0.15, 0.2) is 22.9 Å². The molecule has 0 saturated carbocycles. The van der Waals surface area contributed by atoms with Gasteiger partial charge < -0.3 is 9.90 Å². The van der Waals surface area contributed by atoms with Crippen molar-refractivity contribution in [3.63, 3.8) is 0 Å². The summed E-state index contributed by atoms with van der Waals surface area (Å²) in [5, 5.41) is 12.1. The second-order valence-electron chi connectivity index (χ2n) is 4.59. The molecule has 1 aromatic rings. The number of rotatable bonds is 4. The summed E-state index contributed by atoms with van der Waals surface area (Å²) < 4.78 is 40.5. The molecule has 10 heteroatoms. The van der Waals surface area contributed by atoms with Crippen LogP contribution in [0.25, 0.3) is 0 Å². The lowest BCUT2D eigenvalue weighted by Gasteiger charge is -2.30. The summed E-state index contributed by atoms with van der Waals surface area (Å²) in [5.74, 6) is -2.56. The van der Waals surface area contributed by atoms with Gasteiger partial charge in [0.25, 0.3) is 6.43 Å². The minimum Gasteiger partial charge on any atom is -0.545 e. The number of carbonyl (C=O) groups is 1.